The highest BCUT2D eigenvalue weighted by Gasteiger charge is 2.31. The summed E-state index contributed by atoms with van der Waals surface area (Å²) in [7, 11) is 1.66. The summed E-state index contributed by atoms with van der Waals surface area (Å²) in [4.78, 5) is 12.0. The molecule has 0 aromatic rings. The number of rotatable bonds is 8. The Morgan fingerprint density at radius 1 is 1.42 bits per heavy atom. The second-order valence-electron chi connectivity index (χ2n) is 5.41. The van der Waals surface area contributed by atoms with Crippen LogP contribution in [0.1, 0.15) is 44.9 Å². The van der Waals surface area contributed by atoms with Crippen LogP contribution in [0.2, 0.25) is 0 Å². The van der Waals surface area contributed by atoms with Crippen molar-refractivity contribution in [1.29, 1.82) is 0 Å². The van der Waals surface area contributed by atoms with Gasteiger partial charge < -0.3 is 15.8 Å². The predicted octanol–water partition coefficient (Wildman–Crippen LogP) is 1.92. The van der Waals surface area contributed by atoms with Crippen LogP contribution in [0.15, 0.2) is 0 Å². The lowest BCUT2D eigenvalue weighted by Crippen LogP contribution is -2.47. The van der Waals surface area contributed by atoms with Gasteiger partial charge in [0.05, 0.1) is 6.04 Å². The largest absolute Gasteiger partial charge is 0.385 e. The minimum Gasteiger partial charge on any atom is -0.385 e. The van der Waals surface area contributed by atoms with Gasteiger partial charge in [-0.15, -0.1) is 0 Å². The third-order valence-electron chi connectivity index (χ3n) is 3.98. The van der Waals surface area contributed by atoms with E-state index in [2.05, 4.69) is 11.6 Å². The van der Waals surface area contributed by atoms with Gasteiger partial charge in [-0.2, -0.15) is 11.8 Å². The maximum Gasteiger partial charge on any atom is 0.236 e. The Balaban J connectivity index is 2.31. The molecule has 1 aliphatic carbocycles. The second-order valence-corrected chi connectivity index (χ2v) is 6.68. The molecule has 1 fully saturated rings. The first-order valence-electron chi connectivity index (χ1n) is 7.21. The zero-order chi connectivity index (χ0) is 14.1. The molecule has 5 heteroatoms. The lowest BCUT2D eigenvalue weighted by Gasteiger charge is -2.36. The number of hydrogen-bond acceptors (Lipinski definition) is 4. The minimum absolute atomic E-state index is 0.0184. The quantitative estimate of drug-likeness (QED) is 0.670. The van der Waals surface area contributed by atoms with Crippen LogP contribution < -0.4 is 11.1 Å². The SMILES string of the molecule is COCCCC(N)C(=O)NCC1(SC)CCCCC1. The number of amides is 1. The Morgan fingerprint density at radius 3 is 2.68 bits per heavy atom. The maximum atomic E-state index is 12.0. The fourth-order valence-electron chi connectivity index (χ4n) is 2.61. The van der Waals surface area contributed by atoms with E-state index < -0.39 is 6.04 Å². The van der Waals surface area contributed by atoms with Crippen LogP contribution in [0.5, 0.6) is 0 Å². The third-order valence-corrected chi connectivity index (χ3v) is 5.40. The van der Waals surface area contributed by atoms with Crippen LogP contribution in [0.4, 0.5) is 0 Å². The van der Waals surface area contributed by atoms with Gasteiger partial charge in [0.15, 0.2) is 0 Å². The number of carbonyl (C=O) groups excluding carboxylic acids is 1. The molecular formula is C14H28N2O2S. The molecular weight excluding hydrogens is 260 g/mol. The first-order chi connectivity index (χ1) is 9.13. The molecule has 0 bridgehead atoms. The van der Waals surface area contributed by atoms with E-state index in [0.29, 0.717) is 13.0 Å². The molecule has 0 aromatic heterocycles. The van der Waals surface area contributed by atoms with Crippen LogP contribution in [0.25, 0.3) is 0 Å². The average Bonchev–Trinajstić information content (AvgIpc) is 2.46. The van der Waals surface area contributed by atoms with Gasteiger partial charge in [0.2, 0.25) is 5.91 Å². The van der Waals surface area contributed by atoms with Crippen LogP contribution in [0, 0.1) is 0 Å². The van der Waals surface area contributed by atoms with E-state index in [9.17, 15) is 4.79 Å². The van der Waals surface area contributed by atoms with Crippen LogP contribution >= 0.6 is 11.8 Å². The summed E-state index contributed by atoms with van der Waals surface area (Å²) in [6.45, 7) is 1.42. The van der Waals surface area contributed by atoms with Gasteiger partial charge in [0.1, 0.15) is 0 Å². The van der Waals surface area contributed by atoms with E-state index in [1.807, 2.05) is 11.8 Å². The summed E-state index contributed by atoms with van der Waals surface area (Å²) in [5.41, 5.74) is 5.88. The number of hydrogen-bond donors (Lipinski definition) is 2. The Labute approximate surface area is 121 Å². The smallest absolute Gasteiger partial charge is 0.236 e. The van der Waals surface area contributed by atoms with Crippen molar-refractivity contribution < 1.29 is 9.53 Å². The van der Waals surface area contributed by atoms with E-state index in [4.69, 9.17) is 10.5 Å². The topological polar surface area (TPSA) is 64.3 Å². The molecule has 0 heterocycles. The molecule has 0 radical (unpaired) electrons. The second kappa shape index (κ2) is 8.82. The number of ether oxygens (including phenoxy) is 1. The van der Waals surface area contributed by atoms with Gasteiger partial charge in [-0.3, -0.25) is 4.79 Å². The molecule has 0 aromatic carbocycles. The fraction of sp³-hybridized carbons (Fsp3) is 0.929. The Morgan fingerprint density at radius 2 is 2.11 bits per heavy atom. The van der Waals surface area contributed by atoms with E-state index >= 15 is 0 Å². The molecule has 0 aliphatic heterocycles. The Bertz CT molecular complexity index is 268. The molecule has 1 amide bonds. The van der Waals surface area contributed by atoms with E-state index in [-0.39, 0.29) is 10.7 Å². The molecule has 0 spiro atoms. The van der Waals surface area contributed by atoms with E-state index in [1.165, 1.54) is 32.1 Å². The van der Waals surface area contributed by atoms with Gasteiger partial charge >= 0.3 is 0 Å². The fourth-order valence-corrected chi connectivity index (χ4v) is 3.52. The highest BCUT2D eigenvalue weighted by molar-refractivity contribution is 8.00. The van der Waals surface area contributed by atoms with Crippen molar-refractivity contribution in [2.75, 3.05) is 26.5 Å². The maximum absolute atomic E-state index is 12.0. The van der Waals surface area contributed by atoms with Crippen LogP contribution in [-0.2, 0) is 9.53 Å². The molecule has 1 unspecified atom stereocenters. The molecule has 19 heavy (non-hydrogen) atoms. The zero-order valence-corrected chi connectivity index (χ0v) is 13.1. The zero-order valence-electron chi connectivity index (χ0n) is 12.2. The van der Waals surface area contributed by atoms with Crippen molar-refractivity contribution in [2.45, 2.75) is 55.7 Å². The summed E-state index contributed by atoms with van der Waals surface area (Å²) in [6.07, 6.45) is 9.95. The molecule has 1 aliphatic rings. The molecule has 1 atom stereocenters. The third kappa shape index (κ3) is 5.71. The van der Waals surface area contributed by atoms with Crippen molar-refractivity contribution >= 4 is 17.7 Å². The van der Waals surface area contributed by atoms with Gasteiger partial charge in [-0.05, 0) is 31.9 Å². The van der Waals surface area contributed by atoms with Crippen LogP contribution in [-0.4, -0.2) is 43.2 Å². The van der Waals surface area contributed by atoms with Crippen molar-refractivity contribution in [3.8, 4) is 0 Å². The average molecular weight is 288 g/mol. The first kappa shape index (κ1) is 16.8. The van der Waals surface area contributed by atoms with Gasteiger partial charge in [0, 0.05) is 25.0 Å². The van der Waals surface area contributed by atoms with Crippen molar-refractivity contribution in [3.05, 3.63) is 0 Å². The highest BCUT2D eigenvalue weighted by Crippen LogP contribution is 2.37. The first-order valence-corrected chi connectivity index (χ1v) is 8.43. The molecule has 3 N–H and O–H groups in total. The molecule has 0 saturated heterocycles. The monoisotopic (exact) mass is 288 g/mol. The molecule has 1 rings (SSSR count). The number of nitrogens with one attached hydrogen (secondary N) is 1. The van der Waals surface area contributed by atoms with Gasteiger partial charge in [0.25, 0.3) is 0 Å². The predicted molar refractivity (Wildman–Crippen MR) is 81.4 cm³/mol. The molecule has 1 saturated carbocycles. The Hall–Kier alpha value is -0.260. The number of methoxy groups -OCH3 is 1. The van der Waals surface area contributed by atoms with Crippen molar-refractivity contribution in [1.82, 2.24) is 5.32 Å². The molecule has 4 nitrogen and oxygen atoms in total. The standard InChI is InChI=1S/C14H28N2O2S/c1-18-10-6-7-12(15)13(17)16-11-14(19-2)8-4-3-5-9-14/h12H,3-11,15H2,1-2H3,(H,16,17). The van der Waals surface area contributed by atoms with Crippen LogP contribution in [0.3, 0.4) is 0 Å². The normalized spacial score (nSPS) is 19.9. The number of thioether (sulfide) groups is 1. The minimum atomic E-state index is -0.405. The summed E-state index contributed by atoms with van der Waals surface area (Å²) >= 11 is 1.89. The van der Waals surface area contributed by atoms with E-state index in [0.717, 1.165) is 13.0 Å². The van der Waals surface area contributed by atoms with Crippen molar-refractivity contribution in [3.63, 3.8) is 0 Å². The van der Waals surface area contributed by atoms with Crippen molar-refractivity contribution in [2.24, 2.45) is 5.73 Å². The number of nitrogens with two attached hydrogens (primary N) is 1. The lowest BCUT2D eigenvalue weighted by atomic mass is 9.88. The summed E-state index contributed by atoms with van der Waals surface area (Å²) < 4.78 is 5.21. The number of carbonyl (C=O) groups is 1. The van der Waals surface area contributed by atoms with Gasteiger partial charge in [-0.1, -0.05) is 19.3 Å². The lowest BCUT2D eigenvalue weighted by molar-refractivity contribution is -0.122. The Kier molecular flexibility index (Phi) is 7.80. The summed E-state index contributed by atoms with van der Waals surface area (Å²) in [5, 5.41) is 3.05. The van der Waals surface area contributed by atoms with Gasteiger partial charge in [-0.25, -0.2) is 0 Å². The molecule has 112 valence electrons. The summed E-state index contributed by atoms with van der Waals surface area (Å²) in [5.74, 6) is -0.0184. The van der Waals surface area contributed by atoms with E-state index in [1.54, 1.807) is 7.11 Å². The summed E-state index contributed by atoms with van der Waals surface area (Å²) in [6, 6.07) is -0.405. The highest BCUT2D eigenvalue weighted by atomic mass is 32.2.